The summed E-state index contributed by atoms with van der Waals surface area (Å²) in [5.41, 5.74) is 0.588. The Kier molecular flexibility index (Phi) is 2.87. The van der Waals surface area contributed by atoms with Gasteiger partial charge in [0.25, 0.3) is 0 Å². The molecule has 2 rings (SSSR count). The highest BCUT2D eigenvalue weighted by atomic mass is 19.1. The van der Waals surface area contributed by atoms with E-state index in [1.165, 1.54) is 18.2 Å². The van der Waals surface area contributed by atoms with Crippen molar-refractivity contribution in [3.63, 3.8) is 0 Å². The third-order valence-corrected chi connectivity index (χ3v) is 3.04. The van der Waals surface area contributed by atoms with E-state index in [0.29, 0.717) is 22.8 Å². The van der Waals surface area contributed by atoms with Gasteiger partial charge in [0.1, 0.15) is 5.82 Å². The van der Waals surface area contributed by atoms with Gasteiger partial charge in [-0.05, 0) is 18.6 Å². The molecular weight excluding hydrogens is 235 g/mol. The van der Waals surface area contributed by atoms with Crippen LogP contribution in [-0.2, 0) is 6.42 Å². The average Bonchev–Trinajstić information content (AvgIpc) is 2.37. The van der Waals surface area contributed by atoms with Crippen LogP contribution in [0.2, 0.25) is 0 Å². The van der Waals surface area contributed by atoms with E-state index in [1.807, 2.05) is 0 Å². The molecule has 2 aromatic carbocycles. The summed E-state index contributed by atoms with van der Waals surface area (Å²) < 4.78 is 13.7. The van der Waals surface area contributed by atoms with Gasteiger partial charge in [-0.1, -0.05) is 19.6 Å². The summed E-state index contributed by atoms with van der Waals surface area (Å²) in [7, 11) is 0. The van der Waals surface area contributed by atoms with E-state index in [1.54, 1.807) is 6.92 Å². The molecule has 0 bridgehead atoms. The van der Waals surface area contributed by atoms with Crippen molar-refractivity contribution < 1.29 is 19.7 Å². The van der Waals surface area contributed by atoms with Gasteiger partial charge in [-0.15, -0.1) is 0 Å². The van der Waals surface area contributed by atoms with Gasteiger partial charge in [-0.25, -0.2) is 4.39 Å². The Morgan fingerprint density at radius 2 is 1.83 bits per heavy atom. The molecule has 3 nitrogen and oxygen atoms in total. The first kappa shape index (κ1) is 12.2. The zero-order valence-electron chi connectivity index (χ0n) is 9.87. The molecule has 0 saturated carbocycles. The molecule has 0 aliphatic rings. The van der Waals surface area contributed by atoms with Crippen molar-refractivity contribution in [2.75, 3.05) is 0 Å². The summed E-state index contributed by atoms with van der Waals surface area (Å²) in [6.07, 6.45) is 1.72. The smallest absolute Gasteiger partial charge is 0.201 e. The molecule has 18 heavy (non-hydrogen) atoms. The molecular formula is C14H13FO3. The van der Waals surface area contributed by atoms with Gasteiger partial charge in [-0.3, -0.25) is 0 Å². The van der Waals surface area contributed by atoms with Crippen molar-refractivity contribution in [2.45, 2.75) is 13.3 Å². The number of phenolic OH excluding ortho intramolecular Hbond substituents is 3. The topological polar surface area (TPSA) is 60.7 Å². The Morgan fingerprint density at radius 1 is 1.17 bits per heavy atom. The Bertz CT molecular complexity index is 648. The van der Waals surface area contributed by atoms with Gasteiger partial charge >= 0.3 is 0 Å². The van der Waals surface area contributed by atoms with Crippen molar-refractivity contribution in [3.8, 4) is 17.2 Å². The van der Waals surface area contributed by atoms with E-state index in [4.69, 9.17) is 0 Å². The zero-order chi connectivity index (χ0) is 13.4. The van der Waals surface area contributed by atoms with Crippen molar-refractivity contribution >= 4 is 16.8 Å². The van der Waals surface area contributed by atoms with E-state index in [2.05, 4.69) is 6.58 Å². The van der Waals surface area contributed by atoms with E-state index < -0.39 is 23.1 Å². The third kappa shape index (κ3) is 1.49. The van der Waals surface area contributed by atoms with Crippen LogP contribution in [0.25, 0.3) is 16.8 Å². The van der Waals surface area contributed by atoms with E-state index in [0.717, 1.165) is 0 Å². The molecule has 0 amide bonds. The highest BCUT2D eigenvalue weighted by Gasteiger charge is 2.20. The summed E-state index contributed by atoms with van der Waals surface area (Å²) in [5.74, 6) is -1.95. The minimum atomic E-state index is -0.582. The van der Waals surface area contributed by atoms with Crippen LogP contribution in [0.15, 0.2) is 18.7 Å². The fourth-order valence-corrected chi connectivity index (χ4v) is 2.16. The van der Waals surface area contributed by atoms with Crippen LogP contribution < -0.4 is 0 Å². The van der Waals surface area contributed by atoms with Crippen LogP contribution in [0.3, 0.4) is 0 Å². The number of aromatic hydroxyl groups is 3. The average molecular weight is 248 g/mol. The molecule has 3 N–H and O–H groups in total. The van der Waals surface area contributed by atoms with Crippen LogP contribution in [0.4, 0.5) is 4.39 Å². The maximum Gasteiger partial charge on any atom is 0.201 e. The summed E-state index contributed by atoms with van der Waals surface area (Å²) in [6.45, 7) is 5.30. The Morgan fingerprint density at radius 3 is 2.39 bits per heavy atom. The number of halogens is 1. The zero-order valence-corrected chi connectivity index (χ0v) is 9.87. The number of benzene rings is 2. The lowest BCUT2D eigenvalue weighted by Gasteiger charge is -2.14. The summed E-state index contributed by atoms with van der Waals surface area (Å²) in [5, 5.41) is 29.9. The lowest BCUT2D eigenvalue weighted by Crippen LogP contribution is -1.93. The Balaban J connectivity index is 3.11. The number of hydrogen-bond donors (Lipinski definition) is 3. The molecule has 0 fully saturated rings. The fraction of sp³-hybridized carbons (Fsp3) is 0.143. The molecule has 0 aromatic heterocycles. The normalized spacial score (nSPS) is 10.8. The predicted octanol–water partition coefficient (Wildman–Crippen LogP) is 3.30. The summed E-state index contributed by atoms with van der Waals surface area (Å²) in [4.78, 5) is 0. The van der Waals surface area contributed by atoms with Crippen LogP contribution in [-0.4, -0.2) is 15.3 Å². The maximum absolute atomic E-state index is 13.7. The number of fused-ring (bicyclic) bond motifs is 1. The monoisotopic (exact) mass is 248 g/mol. The number of hydrogen-bond acceptors (Lipinski definition) is 3. The molecule has 0 unspecified atom stereocenters. The third-order valence-electron chi connectivity index (χ3n) is 3.04. The molecule has 0 aliphatic carbocycles. The first-order chi connectivity index (χ1) is 8.52. The standard InChI is InChI=1S/C14H13FO3/c1-3-7-10(15)6-5-9-11(7)8(4-2)12(16)14(18)13(9)17/h3,5-6,16-18H,1,4H2,2H3. The number of phenols is 3. The van der Waals surface area contributed by atoms with Crippen molar-refractivity contribution in [2.24, 2.45) is 0 Å². The maximum atomic E-state index is 13.7. The second kappa shape index (κ2) is 4.22. The first-order valence-electron chi connectivity index (χ1n) is 5.53. The molecule has 2 aromatic rings. The number of aryl methyl sites for hydroxylation is 1. The van der Waals surface area contributed by atoms with Crippen LogP contribution in [0.1, 0.15) is 18.1 Å². The minimum absolute atomic E-state index is 0.204. The Hall–Kier alpha value is -2.23. The Labute approximate surface area is 103 Å². The molecule has 0 spiro atoms. The lowest BCUT2D eigenvalue weighted by atomic mass is 9.95. The van der Waals surface area contributed by atoms with Crippen molar-refractivity contribution in [3.05, 3.63) is 35.7 Å². The van der Waals surface area contributed by atoms with E-state index >= 15 is 0 Å². The van der Waals surface area contributed by atoms with E-state index in [9.17, 15) is 19.7 Å². The molecule has 0 heterocycles. The second-order valence-electron chi connectivity index (χ2n) is 3.97. The van der Waals surface area contributed by atoms with Crippen LogP contribution in [0, 0.1) is 5.82 Å². The summed E-state index contributed by atoms with van der Waals surface area (Å²) >= 11 is 0. The molecule has 4 heteroatoms. The predicted molar refractivity (Wildman–Crippen MR) is 68.4 cm³/mol. The molecule has 0 saturated heterocycles. The quantitative estimate of drug-likeness (QED) is 0.714. The molecule has 0 aliphatic heterocycles. The van der Waals surface area contributed by atoms with Gasteiger partial charge in [0.2, 0.25) is 5.75 Å². The largest absolute Gasteiger partial charge is 0.504 e. The summed E-state index contributed by atoms with van der Waals surface area (Å²) in [6, 6.07) is 2.56. The van der Waals surface area contributed by atoms with Gasteiger partial charge in [-0.2, -0.15) is 0 Å². The molecule has 0 atom stereocenters. The van der Waals surface area contributed by atoms with E-state index in [-0.39, 0.29) is 5.56 Å². The number of rotatable bonds is 2. The van der Waals surface area contributed by atoms with Crippen LogP contribution >= 0.6 is 0 Å². The minimum Gasteiger partial charge on any atom is -0.504 e. The fourth-order valence-electron chi connectivity index (χ4n) is 2.16. The highest BCUT2D eigenvalue weighted by Crippen LogP contribution is 2.46. The van der Waals surface area contributed by atoms with Gasteiger partial charge < -0.3 is 15.3 Å². The molecule has 0 radical (unpaired) electrons. The first-order valence-corrected chi connectivity index (χ1v) is 5.53. The SMILES string of the molecule is C=Cc1c(F)ccc2c(O)c(O)c(O)c(CC)c12. The van der Waals surface area contributed by atoms with Gasteiger partial charge in [0.05, 0.1) is 0 Å². The lowest BCUT2D eigenvalue weighted by molar-refractivity contribution is 0.369. The van der Waals surface area contributed by atoms with Gasteiger partial charge in [0, 0.05) is 21.9 Å². The van der Waals surface area contributed by atoms with Gasteiger partial charge in [0.15, 0.2) is 11.5 Å². The molecule has 94 valence electrons. The highest BCUT2D eigenvalue weighted by molar-refractivity contribution is 6.00. The van der Waals surface area contributed by atoms with Crippen LogP contribution in [0.5, 0.6) is 17.2 Å². The van der Waals surface area contributed by atoms with Crippen molar-refractivity contribution in [1.29, 1.82) is 0 Å². The second-order valence-corrected chi connectivity index (χ2v) is 3.97. The van der Waals surface area contributed by atoms with Crippen molar-refractivity contribution in [1.82, 2.24) is 0 Å².